The lowest BCUT2D eigenvalue weighted by atomic mass is 9.85. The second-order valence-corrected chi connectivity index (χ2v) is 11.8. The predicted molar refractivity (Wildman–Crippen MR) is 148 cm³/mol. The molecule has 0 radical (unpaired) electrons. The first kappa shape index (κ1) is 28.8. The van der Waals surface area contributed by atoms with Crippen LogP contribution >= 0.6 is 11.3 Å². The maximum atomic E-state index is 13.6. The lowest BCUT2D eigenvalue weighted by molar-refractivity contribution is -0.144. The van der Waals surface area contributed by atoms with Crippen molar-refractivity contribution in [2.75, 3.05) is 13.1 Å². The van der Waals surface area contributed by atoms with Crippen LogP contribution in [0.3, 0.4) is 0 Å². The lowest BCUT2D eigenvalue weighted by Crippen LogP contribution is -2.57. The normalized spacial score (nSPS) is 17.4. The number of hydrogen-bond acceptors (Lipinski definition) is 6. The smallest absolute Gasteiger partial charge is 0.246 e. The first-order chi connectivity index (χ1) is 17.5. The number of aryl methyl sites for hydroxylation is 1. The van der Waals surface area contributed by atoms with Crippen molar-refractivity contribution in [1.82, 2.24) is 20.5 Å². The topological polar surface area (TPSA) is 117 Å². The summed E-state index contributed by atoms with van der Waals surface area (Å²) in [6, 6.07) is 6.68. The minimum Gasteiger partial charge on any atom is -0.348 e. The van der Waals surface area contributed by atoms with Gasteiger partial charge in [-0.3, -0.25) is 14.4 Å². The summed E-state index contributed by atoms with van der Waals surface area (Å²) in [7, 11) is 0. The standard InChI is InChI=1S/C28H41N5O3S/c1-18(20-11-13-21(14-12-20)24-19(2)30-17-37-24)31-26(35)22-9-8-16-33(22)27(36)25(28(3,4)5)32-23(34)10-6-7-15-29/h11-14,17-18,22,25H,6-10,15-16,29H2,1-5H3,(H,31,35)(H,32,34)/t18-,22-,25+/m0/s1. The number of carbonyl (C=O) groups is 3. The second-order valence-electron chi connectivity index (χ2n) is 10.9. The molecule has 2 heterocycles. The number of benzene rings is 1. The van der Waals surface area contributed by atoms with Crippen molar-refractivity contribution in [3.05, 3.63) is 41.0 Å². The molecule has 0 bridgehead atoms. The summed E-state index contributed by atoms with van der Waals surface area (Å²) < 4.78 is 0. The number of amides is 3. The Kier molecular flexibility index (Phi) is 9.84. The minimum atomic E-state index is -0.702. The van der Waals surface area contributed by atoms with Crippen LogP contribution in [0.2, 0.25) is 0 Å². The van der Waals surface area contributed by atoms with Gasteiger partial charge in [0, 0.05) is 13.0 Å². The van der Waals surface area contributed by atoms with Crippen molar-refractivity contribution >= 4 is 29.1 Å². The quantitative estimate of drug-likeness (QED) is 0.405. The maximum Gasteiger partial charge on any atom is 0.246 e. The van der Waals surface area contributed by atoms with Crippen molar-refractivity contribution in [3.63, 3.8) is 0 Å². The molecule has 3 rings (SSSR count). The third-order valence-electron chi connectivity index (χ3n) is 6.89. The van der Waals surface area contributed by atoms with E-state index in [4.69, 9.17) is 5.73 Å². The van der Waals surface area contributed by atoms with Gasteiger partial charge in [0.05, 0.1) is 22.1 Å². The van der Waals surface area contributed by atoms with E-state index in [0.717, 1.165) is 34.5 Å². The Balaban J connectivity index is 1.65. The summed E-state index contributed by atoms with van der Waals surface area (Å²) in [5, 5.41) is 6.03. The Morgan fingerprint density at radius 2 is 1.86 bits per heavy atom. The second kappa shape index (κ2) is 12.6. The Hall–Kier alpha value is -2.78. The van der Waals surface area contributed by atoms with E-state index < -0.39 is 17.5 Å². The fraction of sp³-hybridized carbons (Fsp3) is 0.571. The molecular formula is C28H41N5O3S. The monoisotopic (exact) mass is 527 g/mol. The molecule has 202 valence electrons. The molecule has 1 fully saturated rings. The highest BCUT2D eigenvalue weighted by molar-refractivity contribution is 7.13. The number of nitrogens with two attached hydrogens (primary N) is 1. The van der Waals surface area contributed by atoms with Gasteiger partial charge in [-0.1, -0.05) is 45.0 Å². The molecule has 3 amide bonds. The van der Waals surface area contributed by atoms with Gasteiger partial charge >= 0.3 is 0 Å². The highest BCUT2D eigenvalue weighted by Gasteiger charge is 2.42. The molecule has 0 unspecified atom stereocenters. The first-order valence-electron chi connectivity index (χ1n) is 13.1. The van der Waals surface area contributed by atoms with Gasteiger partial charge in [0.1, 0.15) is 12.1 Å². The molecule has 1 saturated heterocycles. The van der Waals surface area contributed by atoms with Gasteiger partial charge in [0.25, 0.3) is 0 Å². The molecule has 1 aliphatic rings. The van der Waals surface area contributed by atoms with Gasteiger partial charge in [-0.2, -0.15) is 0 Å². The third-order valence-corrected chi connectivity index (χ3v) is 7.87. The van der Waals surface area contributed by atoms with Crippen LogP contribution in [-0.2, 0) is 14.4 Å². The molecule has 37 heavy (non-hydrogen) atoms. The summed E-state index contributed by atoms with van der Waals surface area (Å²) in [6.07, 6.45) is 3.14. The highest BCUT2D eigenvalue weighted by Crippen LogP contribution is 2.29. The fourth-order valence-corrected chi connectivity index (χ4v) is 5.49. The van der Waals surface area contributed by atoms with Crippen molar-refractivity contribution < 1.29 is 14.4 Å². The Bertz CT molecular complexity index is 1080. The highest BCUT2D eigenvalue weighted by atomic mass is 32.1. The summed E-state index contributed by atoms with van der Waals surface area (Å²) in [4.78, 5) is 46.5. The average molecular weight is 528 g/mol. The zero-order valence-corrected chi connectivity index (χ0v) is 23.5. The summed E-state index contributed by atoms with van der Waals surface area (Å²) in [5.41, 5.74) is 9.98. The van der Waals surface area contributed by atoms with Crippen LogP contribution in [0.5, 0.6) is 0 Å². The predicted octanol–water partition coefficient (Wildman–Crippen LogP) is 3.95. The van der Waals surface area contributed by atoms with Crippen LogP contribution in [0.1, 0.15) is 77.1 Å². The van der Waals surface area contributed by atoms with E-state index in [1.54, 1.807) is 16.2 Å². The number of aromatic nitrogens is 1. The van der Waals surface area contributed by atoms with E-state index >= 15 is 0 Å². The average Bonchev–Trinajstić information content (AvgIpc) is 3.51. The molecular weight excluding hydrogens is 486 g/mol. The van der Waals surface area contributed by atoms with Gasteiger partial charge < -0.3 is 21.3 Å². The van der Waals surface area contributed by atoms with Crippen LogP contribution in [0.15, 0.2) is 29.8 Å². The Morgan fingerprint density at radius 3 is 2.46 bits per heavy atom. The molecule has 1 aromatic carbocycles. The molecule has 0 saturated carbocycles. The zero-order valence-electron chi connectivity index (χ0n) is 22.7. The van der Waals surface area contributed by atoms with Crippen molar-refractivity contribution in [1.29, 1.82) is 0 Å². The Morgan fingerprint density at radius 1 is 1.16 bits per heavy atom. The molecule has 9 heteroatoms. The SMILES string of the molecule is Cc1ncsc1-c1ccc([C@H](C)NC(=O)[C@@H]2CCCN2C(=O)[C@@H](NC(=O)CCCCN)C(C)(C)C)cc1. The van der Waals surface area contributed by atoms with Crippen LogP contribution in [0.25, 0.3) is 10.4 Å². The molecule has 8 nitrogen and oxygen atoms in total. The first-order valence-corrected chi connectivity index (χ1v) is 14.0. The van der Waals surface area contributed by atoms with E-state index in [-0.39, 0.29) is 23.8 Å². The molecule has 3 atom stereocenters. The van der Waals surface area contributed by atoms with Gasteiger partial charge in [-0.05, 0) is 62.6 Å². The van der Waals surface area contributed by atoms with Gasteiger partial charge in [0.2, 0.25) is 17.7 Å². The minimum absolute atomic E-state index is 0.160. The summed E-state index contributed by atoms with van der Waals surface area (Å²) >= 11 is 1.61. The van der Waals surface area contributed by atoms with E-state index in [9.17, 15) is 14.4 Å². The van der Waals surface area contributed by atoms with E-state index in [1.807, 2.05) is 64.4 Å². The number of nitrogens with one attached hydrogen (secondary N) is 2. The van der Waals surface area contributed by atoms with E-state index in [1.165, 1.54) is 0 Å². The molecule has 2 aromatic rings. The number of unbranched alkanes of at least 4 members (excludes halogenated alkanes) is 1. The zero-order chi connectivity index (χ0) is 27.2. The number of rotatable bonds is 10. The van der Waals surface area contributed by atoms with Crippen molar-refractivity contribution in [2.45, 2.75) is 84.8 Å². The number of hydrogen-bond donors (Lipinski definition) is 3. The van der Waals surface area contributed by atoms with E-state index in [2.05, 4.69) is 15.6 Å². The van der Waals surface area contributed by atoms with Crippen LogP contribution in [0, 0.1) is 12.3 Å². The number of carbonyl (C=O) groups excluding carboxylic acids is 3. The van der Waals surface area contributed by atoms with Crippen molar-refractivity contribution in [2.24, 2.45) is 11.1 Å². The summed E-state index contributed by atoms with van der Waals surface area (Å²) in [6.45, 7) is 10.8. The third kappa shape index (κ3) is 7.38. The van der Waals surface area contributed by atoms with Crippen LogP contribution in [-0.4, -0.2) is 52.8 Å². The lowest BCUT2D eigenvalue weighted by Gasteiger charge is -2.35. The van der Waals surface area contributed by atoms with Crippen LogP contribution < -0.4 is 16.4 Å². The van der Waals surface area contributed by atoms with E-state index in [0.29, 0.717) is 32.4 Å². The molecule has 1 aromatic heterocycles. The van der Waals surface area contributed by atoms with Crippen LogP contribution in [0.4, 0.5) is 0 Å². The maximum absolute atomic E-state index is 13.6. The van der Waals surface area contributed by atoms with Crippen molar-refractivity contribution in [3.8, 4) is 10.4 Å². The number of thiazole rings is 1. The molecule has 0 aliphatic carbocycles. The largest absolute Gasteiger partial charge is 0.348 e. The molecule has 4 N–H and O–H groups in total. The molecule has 0 spiro atoms. The van der Waals surface area contributed by atoms with Gasteiger partial charge in [-0.15, -0.1) is 11.3 Å². The fourth-order valence-electron chi connectivity index (χ4n) is 4.68. The van der Waals surface area contributed by atoms with Gasteiger partial charge in [-0.25, -0.2) is 4.98 Å². The number of nitrogens with zero attached hydrogens (tertiary/aromatic N) is 2. The molecule has 1 aliphatic heterocycles. The number of likely N-dealkylation sites (tertiary alicyclic amines) is 1. The van der Waals surface area contributed by atoms with Gasteiger partial charge in [0.15, 0.2) is 0 Å². The Labute approximate surface area is 224 Å². The summed E-state index contributed by atoms with van der Waals surface area (Å²) in [5.74, 6) is -0.524.